The number of hydrogen-bond donors (Lipinski definition) is 1. The van der Waals surface area contributed by atoms with Crippen molar-refractivity contribution in [1.82, 2.24) is 4.57 Å². The zero-order valence-corrected chi connectivity index (χ0v) is 12.7. The van der Waals surface area contributed by atoms with Gasteiger partial charge in [-0.3, -0.25) is 0 Å². The van der Waals surface area contributed by atoms with Gasteiger partial charge >= 0.3 is 0 Å². The van der Waals surface area contributed by atoms with Crippen LogP contribution in [0, 0.1) is 0 Å². The highest BCUT2D eigenvalue weighted by Gasteiger charge is 2.08. The van der Waals surface area contributed by atoms with Gasteiger partial charge in [0.25, 0.3) is 0 Å². The summed E-state index contributed by atoms with van der Waals surface area (Å²) in [4.78, 5) is 0. The van der Waals surface area contributed by atoms with Crippen LogP contribution in [-0.4, -0.2) is 4.57 Å². The molecule has 0 bridgehead atoms. The van der Waals surface area contributed by atoms with E-state index in [4.69, 9.17) is 40.5 Å². The summed E-state index contributed by atoms with van der Waals surface area (Å²) in [5.74, 6) is 0.702. The van der Waals surface area contributed by atoms with Crippen molar-refractivity contribution in [1.29, 1.82) is 0 Å². The molecule has 0 saturated heterocycles. The standard InChI is InChI=1S/C15H11Cl3N2/c16-11-1-2-14-10(5-11)8-20(15(14)19)7-9-3-12(17)6-13(18)4-9/h1-6,8H,7,19H2. The number of fused-ring (bicyclic) bond motifs is 1. The first-order valence-electron chi connectivity index (χ1n) is 6.02. The van der Waals surface area contributed by atoms with Crippen LogP contribution in [0.25, 0.3) is 10.8 Å². The molecule has 2 aromatic carbocycles. The topological polar surface area (TPSA) is 30.9 Å². The van der Waals surface area contributed by atoms with E-state index in [0.717, 1.165) is 16.3 Å². The number of anilines is 1. The average Bonchev–Trinajstić information content (AvgIpc) is 2.64. The first kappa shape index (κ1) is 13.6. The molecule has 5 heteroatoms. The van der Waals surface area contributed by atoms with Gasteiger partial charge in [0.05, 0.1) is 0 Å². The zero-order valence-electron chi connectivity index (χ0n) is 10.4. The number of nitrogens with two attached hydrogens (primary N) is 1. The molecule has 2 nitrogen and oxygen atoms in total. The third kappa shape index (κ3) is 2.59. The van der Waals surface area contributed by atoms with Gasteiger partial charge in [-0.2, -0.15) is 0 Å². The minimum absolute atomic E-state index is 0.610. The van der Waals surface area contributed by atoms with Crippen LogP contribution in [0.3, 0.4) is 0 Å². The molecule has 3 rings (SSSR count). The Morgan fingerprint density at radius 1 is 0.900 bits per heavy atom. The number of hydrogen-bond acceptors (Lipinski definition) is 1. The summed E-state index contributed by atoms with van der Waals surface area (Å²) < 4.78 is 1.96. The molecule has 0 aliphatic rings. The molecule has 0 unspecified atom stereocenters. The molecule has 0 radical (unpaired) electrons. The molecule has 0 spiro atoms. The molecule has 0 atom stereocenters. The van der Waals surface area contributed by atoms with Gasteiger partial charge in [0.1, 0.15) is 5.82 Å². The van der Waals surface area contributed by atoms with E-state index in [2.05, 4.69) is 0 Å². The van der Waals surface area contributed by atoms with Crippen molar-refractivity contribution in [3.63, 3.8) is 0 Å². The van der Waals surface area contributed by atoms with E-state index in [-0.39, 0.29) is 0 Å². The highest BCUT2D eigenvalue weighted by molar-refractivity contribution is 6.34. The van der Waals surface area contributed by atoms with Crippen LogP contribution in [0.4, 0.5) is 5.82 Å². The zero-order chi connectivity index (χ0) is 14.3. The monoisotopic (exact) mass is 324 g/mol. The van der Waals surface area contributed by atoms with Crippen molar-refractivity contribution < 1.29 is 0 Å². The molecule has 1 aromatic heterocycles. The second-order valence-corrected chi connectivity index (χ2v) is 5.96. The SMILES string of the molecule is Nc1c2ccc(Cl)cc2cn1Cc1cc(Cl)cc(Cl)c1. The van der Waals surface area contributed by atoms with Crippen molar-refractivity contribution in [3.8, 4) is 0 Å². The highest BCUT2D eigenvalue weighted by Crippen LogP contribution is 2.28. The average molecular weight is 326 g/mol. The van der Waals surface area contributed by atoms with Crippen molar-refractivity contribution in [2.75, 3.05) is 5.73 Å². The molecular weight excluding hydrogens is 315 g/mol. The molecule has 0 saturated carbocycles. The summed E-state index contributed by atoms with van der Waals surface area (Å²) in [6.07, 6.45) is 1.98. The third-order valence-electron chi connectivity index (χ3n) is 3.17. The maximum Gasteiger partial charge on any atom is 0.111 e. The fourth-order valence-electron chi connectivity index (χ4n) is 2.30. The van der Waals surface area contributed by atoms with E-state index in [9.17, 15) is 0 Å². The Labute approximate surface area is 131 Å². The van der Waals surface area contributed by atoms with Gasteiger partial charge in [-0.15, -0.1) is 0 Å². The van der Waals surface area contributed by atoms with Crippen molar-refractivity contribution >= 4 is 51.4 Å². The lowest BCUT2D eigenvalue weighted by Crippen LogP contribution is -2.02. The predicted molar refractivity (Wildman–Crippen MR) is 86.9 cm³/mol. The highest BCUT2D eigenvalue weighted by atomic mass is 35.5. The second-order valence-electron chi connectivity index (χ2n) is 4.65. The Morgan fingerprint density at radius 2 is 1.60 bits per heavy atom. The normalized spacial score (nSPS) is 11.2. The maximum absolute atomic E-state index is 6.17. The lowest BCUT2D eigenvalue weighted by Gasteiger charge is -2.07. The number of nitrogens with zero attached hydrogens (tertiary/aromatic N) is 1. The summed E-state index contributed by atoms with van der Waals surface area (Å²) in [5.41, 5.74) is 7.17. The molecule has 0 fully saturated rings. The van der Waals surface area contributed by atoms with E-state index in [1.165, 1.54) is 0 Å². The van der Waals surface area contributed by atoms with Crippen molar-refractivity contribution in [3.05, 3.63) is 63.2 Å². The van der Waals surface area contributed by atoms with E-state index >= 15 is 0 Å². The van der Waals surface area contributed by atoms with Gasteiger partial charge in [0, 0.05) is 38.6 Å². The van der Waals surface area contributed by atoms with Crippen LogP contribution in [0.15, 0.2) is 42.6 Å². The molecule has 0 aliphatic carbocycles. The van der Waals surface area contributed by atoms with Gasteiger partial charge in [-0.05, 0) is 42.0 Å². The molecular formula is C15H11Cl3N2. The second kappa shape index (κ2) is 5.21. The van der Waals surface area contributed by atoms with Gasteiger partial charge in [0.2, 0.25) is 0 Å². The van der Waals surface area contributed by atoms with Crippen LogP contribution < -0.4 is 5.73 Å². The lowest BCUT2D eigenvalue weighted by atomic mass is 10.2. The first-order chi connectivity index (χ1) is 9.52. The van der Waals surface area contributed by atoms with Gasteiger partial charge in [0.15, 0.2) is 0 Å². The Hall–Kier alpha value is -1.35. The Bertz CT molecular complexity index is 773. The number of benzene rings is 2. The molecule has 2 N–H and O–H groups in total. The first-order valence-corrected chi connectivity index (χ1v) is 7.15. The van der Waals surface area contributed by atoms with Crippen LogP contribution in [0.5, 0.6) is 0 Å². The summed E-state index contributed by atoms with van der Waals surface area (Å²) >= 11 is 18.0. The summed E-state index contributed by atoms with van der Waals surface area (Å²) in [5, 5.41) is 3.93. The predicted octanol–water partition coefficient (Wildman–Crippen LogP) is 5.23. The van der Waals surface area contributed by atoms with Crippen LogP contribution in [-0.2, 0) is 6.54 Å². The lowest BCUT2D eigenvalue weighted by molar-refractivity contribution is 0.821. The molecule has 0 amide bonds. The largest absolute Gasteiger partial charge is 0.385 e. The molecule has 102 valence electrons. The maximum atomic E-state index is 6.17. The summed E-state index contributed by atoms with van der Waals surface area (Å²) in [6, 6.07) is 11.1. The smallest absolute Gasteiger partial charge is 0.111 e. The van der Waals surface area contributed by atoms with Crippen molar-refractivity contribution in [2.24, 2.45) is 0 Å². The quantitative estimate of drug-likeness (QED) is 0.687. The van der Waals surface area contributed by atoms with Gasteiger partial charge < -0.3 is 10.3 Å². The number of nitrogen functional groups attached to an aromatic ring is 1. The number of halogens is 3. The molecule has 1 heterocycles. The molecule has 3 aromatic rings. The molecule has 20 heavy (non-hydrogen) atoms. The van der Waals surface area contributed by atoms with E-state index in [1.54, 1.807) is 6.07 Å². The fraction of sp³-hybridized carbons (Fsp3) is 0.0667. The van der Waals surface area contributed by atoms with Crippen molar-refractivity contribution in [2.45, 2.75) is 6.54 Å². The van der Waals surface area contributed by atoms with Crippen LogP contribution >= 0.6 is 34.8 Å². The van der Waals surface area contributed by atoms with Crippen LogP contribution in [0.1, 0.15) is 5.56 Å². The minimum atomic E-state index is 0.610. The Kier molecular flexibility index (Phi) is 3.55. The Morgan fingerprint density at radius 3 is 2.30 bits per heavy atom. The summed E-state index contributed by atoms with van der Waals surface area (Å²) in [6.45, 7) is 0.610. The number of rotatable bonds is 2. The van der Waals surface area contributed by atoms with E-state index in [0.29, 0.717) is 27.4 Å². The van der Waals surface area contributed by atoms with E-state index < -0.39 is 0 Å². The third-order valence-corrected chi connectivity index (χ3v) is 3.84. The molecule has 0 aliphatic heterocycles. The van der Waals surface area contributed by atoms with Crippen LogP contribution in [0.2, 0.25) is 15.1 Å². The van der Waals surface area contributed by atoms with Gasteiger partial charge in [-0.1, -0.05) is 34.8 Å². The fourth-order valence-corrected chi connectivity index (χ4v) is 3.05. The number of aromatic nitrogens is 1. The van der Waals surface area contributed by atoms with Gasteiger partial charge in [-0.25, -0.2) is 0 Å². The van der Waals surface area contributed by atoms with E-state index in [1.807, 2.05) is 41.1 Å². The summed E-state index contributed by atoms with van der Waals surface area (Å²) in [7, 11) is 0. The Balaban J connectivity index is 2.04. The minimum Gasteiger partial charge on any atom is -0.385 e.